The minimum atomic E-state index is -0.415. The summed E-state index contributed by atoms with van der Waals surface area (Å²) in [5.74, 6) is 2.08. The normalized spacial score (nSPS) is 14.9. The van der Waals surface area contributed by atoms with Crippen LogP contribution in [0.15, 0.2) is 55.1 Å². The van der Waals surface area contributed by atoms with Gasteiger partial charge in [0, 0.05) is 44.4 Å². The molecule has 1 fully saturated rings. The first-order valence-corrected chi connectivity index (χ1v) is 8.67. The van der Waals surface area contributed by atoms with Gasteiger partial charge in [-0.15, -0.1) is 10.2 Å². The molecule has 0 unspecified atom stereocenters. The van der Waals surface area contributed by atoms with E-state index in [0.717, 1.165) is 37.6 Å². The quantitative estimate of drug-likeness (QED) is 0.505. The number of imidazole rings is 1. The van der Waals surface area contributed by atoms with Crippen molar-refractivity contribution in [3.05, 3.63) is 65.2 Å². The van der Waals surface area contributed by atoms with E-state index in [1.807, 2.05) is 18.3 Å². The average molecular weight is 366 g/mol. The Kier molecular flexibility index (Phi) is 4.65. The molecule has 0 radical (unpaired) electrons. The first kappa shape index (κ1) is 17.0. The molecule has 138 valence electrons. The summed E-state index contributed by atoms with van der Waals surface area (Å²) in [6.45, 7) is 1.58. The van der Waals surface area contributed by atoms with Gasteiger partial charge in [-0.05, 0) is 18.2 Å². The van der Waals surface area contributed by atoms with E-state index in [9.17, 15) is 10.1 Å². The van der Waals surface area contributed by atoms with E-state index in [2.05, 4.69) is 20.1 Å². The number of benzene rings is 1. The molecule has 3 aromatic rings. The SMILES string of the molecule is O=[N+]([O-])c1cccc(OC2CCN(c3ccc(-n4ccnc4)nn3)CC2)c1. The molecule has 0 N–H and O–H groups in total. The minimum Gasteiger partial charge on any atom is -0.490 e. The van der Waals surface area contributed by atoms with Crippen LogP contribution >= 0.6 is 0 Å². The summed E-state index contributed by atoms with van der Waals surface area (Å²) < 4.78 is 7.72. The molecule has 1 aromatic carbocycles. The minimum absolute atomic E-state index is 0.0291. The van der Waals surface area contributed by atoms with E-state index < -0.39 is 4.92 Å². The monoisotopic (exact) mass is 366 g/mol. The number of aromatic nitrogens is 4. The highest BCUT2D eigenvalue weighted by Crippen LogP contribution is 2.24. The van der Waals surface area contributed by atoms with E-state index >= 15 is 0 Å². The van der Waals surface area contributed by atoms with Gasteiger partial charge in [0.05, 0.1) is 11.0 Å². The zero-order chi connectivity index (χ0) is 18.6. The highest BCUT2D eigenvalue weighted by Gasteiger charge is 2.22. The van der Waals surface area contributed by atoms with Gasteiger partial charge in [-0.1, -0.05) is 6.07 Å². The third-order valence-corrected chi connectivity index (χ3v) is 4.50. The van der Waals surface area contributed by atoms with Crippen molar-refractivity contribution in [3.8, 4) is 11.6 Å². The van der Waals surface area contributed by atoms with Crippen LogP contribution in [0.1, 0.15) is 12.8 Å². The van der Waals surface area contributed by atoms with Gasteiger partial charge in [0.25, 0.3) is 5.69 Å². The number of hydrogen-bond acceptors (Lipinski definition) is 7. The summed E-state index contributed by atoms with van der Waals surface area (Å²) in [6.07, 6.45) is 6.85. The number of nitrogens with zero attached hydrogens (tertiary/aromatic N) is 6. The van der Waals surface area contributed by atoms with Crippen LogP contribution in [0.25, 0.3) is 5.82 Å². The topological polar surface area (TPSA) is 99.2 Å². The maximum Gasteiger partial charge on any atom is 0.273 e. The molecule has 2 aromatic heterocycles. The van der Waals surface area contributed by atoms with E-state index in [1.54, 1.807) is 29.2 Å². The largest absolute Gasteiger partial charge is 0.490 e. The number of piperidine rings is 1. The summed E-state index contributed by atoms with van der Waals surface area (Å²) in [5, 5.41) is 19.4. The van der Waals surface area contributed by atoms with Crippen molar-refractivity contribution in [1.29, 1.82) is 0 Å². The lowest BCUT2D eigenvalue weighted by Crippen LogP contribution is -2.38. The van der Waals surface area contributed by atoms with Crippen molar-refractivity contribution in [2.75, 3.05) is 18.0 Å². The Balaban J connectivity index is 1.35. The van der Waals surface area contributed by atoms with Crippen molar-refractivity contribution in [3.63, 3.8) is 0 Å². The second kappa shape index (κ2) is 7.40. The van der Waals surface area contributed by atoms with Crippen LogP contribution in [0, 0.1) is 10.1 Å². The number of ether oxygens (including phenoxy) is 1. The molecule has 1 aliphatic rings. The number of anilines is 1. The fourth-order valence-electron chi connectivity index (χ4n) is 3.08. The van der Waals surface area contributed by atoms with Crippen molar-refractivity contribution in [1.82, 2.24) is 19.7 Å². The Morgan fingerprint density at radius 1 is 1.11 bits per heavy atom. The van der Waals surface area contributed by atoms with Crippen molar-refractivity contribution in [2.45, 2.75) is 18.9 Å². The number of hydrogen-bond donors (Lipinski definition) is 0. The first-order chi connectivity index (χ1) is 13.2. The molecule has 9 heteroatoms. The number of nitro groups is 1. The van der Waals surface area contributed by atoms with Crippen LogP contribution in [0.5, 0.6) is 5.75 Å². The van der Waals surface area contributed by atoms with Crippen LogP contribution in [-0.2, 0) is 0 Å². The summed E-state index contributed by atoms with van der Waals surface area (Å²) in [5.41, 5.74) is 0.0400. The first-order valence-electron chi connectivity index (χ1n) is 8.67. The van der Waals surface area contributed by atoms with Gasteiger partial charge in [-0.3, -0.25) is 14.7 Å². The predicted octanol–water partition coefficient (Wildman–Crippen LogP) is 2.62. The molecule has 0 saturated carbocycles. The lowest BCUT2D eigenvalue weighted by Gasteiger charge is -2.32. The number of non-ortho nitro benzene ring substituents is 1. The fraction of sp³-hybridized carbons (Fsp3) is 0.278. The zero-order valence-electron chi connectivity index (χ0n) is 14.5. The lowest BCUT2D eigenvalue weighted by atomic mass is 10.1. The van der Waals surface area contributed by atoms with Crippen LogP contribution in [0.3, 0.4) is 0 Å². The van der Waals surface area contributed by atoms with Crippen molar-refractivity contribution in [2.24, 2.45) is 0 Å². The van der Waals surface area contributed by atoms with Crippen LogP contribution in [0.2, 0.25) is 0 Å². The Morgan fingerprint density at radius 2 is 1.89 bits per heavy atom. The smallest absolute Gasteiger partial charge is 0.273 e. The van der Waals surface area contributed by atoms with Gasteiger partial charge in [-0.25, -0.2) is 4.98 Å². The Hall–Kier alpha value is -3.49. The molecule has 0 bridgehead atoms. The van der Waals surface area contributed by atoms with Gasteiger partial charge in [0.1, 0.15) is 18.2 Å². The summed E-state index contributed by atoms with van der Waals surface area (Å²) in [7, 11) is 0. The maximum atomic E-state index is 10.9. The fourth-order valence-corrected chi connectivity index (χ4v) is 3.08. The zero-order valence-corrected chi connectivity index (χ0v) is 14.5. The Morgan fingerprint density at radius 3 is 2.56 bits per heavy atom. The summed E-state index contributed by atoms with van der Waals surface area (Å²) >= 11 is 0. The number of nitro benzene ring substituents is 1. The molecule has 0 aliphatic carbocycles. The second-order valence-electron chi connectivity index (χ2n) is 6.28. The summed E-state index contributed by atoms with van der Waals surface area (Å²) in [6, 6.07) is 10.2. The van der Waals surface area contributed by atoms with E-state index in [0.29, 0.717) is 5.75 Å². The van der Waals surface area contributed by atoms with E-state index in [4.69, 9.17) is 4.74 Å². The number of rotatable bonds is 5. The maximum absolute atomic E-state index is 10.9. The van der Waals surface area contributed by atoms with E-state index in [-0.39, 0.29) is 11.8 Å². The van der Waals surface area contributed by atoms with Crippen LogP contribution < -0.4 is 9.64 Å². The van der Waals surface area contributed by atoms with Crippen LogP contribution in [-0.4, -0.2) is 43.9 Å². The molecule has 0 atom stereocenters. The van der Waals surface area contributed by atoms with Crippen molar-refractivity contribution >= 4 is 11.5 Å². The third-order valence-electron chi connectivity index (χ3n) is 4.50. The molecule has 4 rings (SSSR count). The summed E-state index contributed by atoms with van der Waals surface area (Å²) in [4.78, 5) is 16.6. The third kappa shape index (κ3) is 3.86. The van der Waals surface area contributed by atoms with Gasteiger partial charge >= 0.3 is 0 Å². The molecular weight excluding hydrogens is 348 g/mol. The Bertz CT molecular complexity index is 905. The van der Waals surface area contributed by atoms with E-state index in [1.165, 1.54) is 12.1 Å². The molecule has 0 spiro atoms. The highest BCUT2D eigenvalue weighted by molar-refractivity contribution is 5.41. The molecule has 27 heavy (non-hydrogen) atoms. The predicted molar refractivity (Wildman–Crippen MR) is 98.1 cm³/mol. The standard InChI is InChI=1S/C18H18N6O3/c25-24(26)14-2-1-3-16(12-14)27-15-6-9-22(10-7-15)17-4-5-18(21-20-17)23-11-8-19-13-23/h1-5,8,11-13,15H,6-7,9-10H2. The lowest BCUT2D eigenvalue weighted by molar-refractivity contribution is -0.384. The Labute approximate surface area is 155 Å². The van der Waals surface area contributed by atoms with Crippen LogP contribution in [0.4, 0.5) is 11.5 Å². The molecular formula is C18H18N6O3. The molecule has 0 amide bonds. The molecule has 1 saturated heterocycles. The van der Waals surface area contributed by atoms with Gasteiger partial charge in [-0.2, -0.15) is 0 Å². The molecule has 1 aliphatic heterocycles. The van der Waals surface area contributed by atoms with Crippen molar-refractivity contribution < 1.29 is 9.66 Å². The van der Waals surface area contributed by atoms with Gasteiger partial charge < -0.3 is 9.64 Å². The van der Waals surface area contributed by atoms with Gasteiger partial charge in [0.2, 0.25) is 0 Å². The van der Waals surface area contributed by atoms with Gasteiger partial charge in [0.15, 0.2) is 11.6 Å². The molecule has 9 nitrogen and oxygen atoms in total. The average Bonchev–Trinajstić information content (AvgIpc) is 3.24. The second-order valence-corrected chi connectivity index (χ2v) is 6.28. The molecule has 3 heterocycles. The highest BCUT2D eigenvalue weighted by atomic mass is 16.6.